The molecule has 0 heterocycles. The minimum atomic E-state index is -3.97. The molecule has 0 aromatic carbocycles. The molecule has 5 nitrogen and oxygen atoms in total. The van der Waals surface area contributed by atoms with Crippen molar-refractivity contribution in [3.8, 4) is 0 Å². The van der Waals surface area contributed by atoms with Crippen LogP contribution in [0, 0.1) is 0 Å². The summed E-state index contributed by atoms with van der Waals surface area (Å²) in [6.07, 6.45) is -0.995. The van der Waals surface area contributed by atoms with Crippen LogP contribution in [0.3, 0.4) is 0 Å². The maximum atomic E-state index is 9.84. The van der Waals surface area contributed by atoms with E-state index in [1.807, 2.05) is 0 Å². The van der Waals surface area contributed by atoms with Gasteiger partial charge in [-0.05, 0) is 0 Å². The van der Waals surface area contributed by atoms with Crippen LogP contribution in [0.4, 0.5) is 0 Å². The zero-order valence-corrected chi connectivity index (χ0v) is 9.34. The Morgan fingerprint density at radius 3 is 1.64 bits per heavy atom. The predicted molar refractivity (Wildman–Crippen MR) is 45.6 cm³/mol. The summed E-state index contributed by atoms with van der Waals surface area (Å²) in [6.45, 7) is 6.00. The van der Waals surface area contributed by atoms with Gasteiger partial charge in [0.25, 0.3) is 10.1 Å². The first-order valence-corrected chi connectivity index (χ1v) is 3.99. The molecule has 0 aliphatic carbocycles. The molecule has 0 atom stereocenters. The Morgan fingerprint density at radius 1 is 1.36 bits per heavy atom. The van der Waals surface area contributed by atoms with Crippen molar-refractivity contribution in [3.05, 3.63) is 13.2 Å². The van der Waals surface area contributed by atoms with Gasteiger partial charge in [0.05, 0.1) is 6.17 Å². The summed E-state index contributed by atoms with van der Waals surface area (Å²) in [5, 5.41) is 0. The van der Waals surface area contributed by atoms with Crippen molar-refractivity contribution in [2.24, 2.45) is 11.5 Å². The van der Waals surface area contributed by atoms with E-state index in [0.717, 1.165) is 0 Å². The normalized spacial score (nSPS) is 9.45. The molecule has 0 spiro atoms. The molecule has 1 radical (unpaired) electrons. The SMILES string of the molecule is C=C.NC(N)CS(=O)(=O)O.[Na]. The molecular formula is C4H12N2NaO3S. The topological polar surface area (TPSA) is 106 Å². The van der Waals surface area contributed by atoms with Gasteiger partial charge < -0.3 is 11.5 Å². The minimum Gasteiger partial charge on any atom is -0.315 e. The fourth-order valence-corrected chi connectivity index (χ4v) is 0.730. The van der Waals surface area contributed by atoms with E-state index in [-0.39, 0.29) is 29.6 Å². The first-order valence-electron chi connectivity index (χ1n) is 2.38. The Balaban J connectivity index is -0.000000196. The van der Waals surface area contributed by atoms with E-state index in [2.05, 4.69) is 13.2 Å². The Labute approximate surface area is 88.9 Å². The predicted octanol–water partition coefficient (Wildman–Crippen LogP) is -1.46. The van der Waals surface area contributed by atoms with E-state index >= 15 is 0 Å². The van der Waals surface area contributed by atoms with Gasteiger partial charge in [-0.1, -0.05) is 0 Å². The van der Waals surface area contributed by atoms with Crippen LogP contribution in [0.15, 0.2) is 13.2 Å². The van der Waals surface area contributed by atoms with Crippen molar-refractivity contribution in [2.75, 3.05) is 5.75 Å². The molecule has 63 valence electrons. The molecule has 0 aliphatic rings. The number of nitrogens with two attached hydrogens (primary N) is 2. The van der Waals surface area contributed by atoms with Crippen molar-refractivity contribution in [3.63, 3.8) is 0 Å². The monoisotopic (exact) mass is 191 g/mol. The largest absolute Gasteiger partial charge is 0.315 e. The molecule has 0 rings (SSSR count). The molecule has 0 fully saturated rings. The fraction of sp³-hybridized carbons (Fsp3) is 0.500. The van der Waals surface area contributed by atoms with Crippen molar-refractivity contribution in [1.29, 1.82) is 0 Å². The Morgan fingerprint density at radius 2 is 1.64 bits per heavy atom. The minimum absolute atomic E-state index is 0. The van der Waals surface area contributed by atoms with Crippen LogP contribution < -0.4 is 11.5 Å². The second kappa shape index (κ2) is 8.66. The van der Waals surface area contributed by atoms with Gasteiger partial charge >= 0.3 is 0 Å². The molecule has 0 aromatic heterocycles. The Hall–Kier alpha value is 0.570. The van der Waals surface area contributed by atoms with E-state index in [1.54, 1.807) is 0 Å². The van der Waals surface area contributed by atoms with Crippen LogP contribution >= 0.6 is 0 Å². The van der Waals surface area contributed by atoms with Crippen LogP contribution in [0.25, 0.3) is 0 Å². The number of hydrogen-bond donors (Lipinski definition) is 3. The molecule has 11 heavy (non-hydrogen) atoms. The summed E-state index contributed by atoms with van der Waals surface area (Å²) in [4.78, 5) is 0. The van der Waals surface area contributed by atoms with E-state index in [0.29, 0.717) is 0 Å². The third-order valence-electron chi connectivity index (χ3n) is 0.403. The van der Waals surface area contributed by atoms with Crippen molar-refractivity contribution in [2.45, 2.75) is 6.17 Å². The molecule has 0 amide bonds. The first kappa shape index (κ1) is 17.6. The first-order chi connectivity index (χ1) is 4.42. The maximum Gasteiger partial charge on any atom is 0.267 e. The van der Waals surface area contributed by atoms with Gasteiger partial charge in [-0.2, -0.15) is 8.42 Å². The van der Waals surface area contributed by atoms with Gasteiger partial charge in [0.15, 0.2) is 0 Å². The van der Waals surface area contributed by atoms with Gasteiger partial charge in [-0.15, -0.1) is 13.2 Å². The number of hydrogen-bond acceptors (Lipinski definition) is 4. The molecule has 0 bridgehead atoms. The third kappa shape index (κ3) is 25.0. The second-order valence-corrected chi connectivity index (χ2v) is 2.91. The van der Waals surface area contributed by atoms with Crippen LogP contribution in [0.1, 0.15) is 0 Å². The summed E-state index contributed by atoms with van der Waals surface area (Å²) in [7, 11) is -3.97. The summed E-state index contributed by atoms with van der Waals surface area (Å²) >= 11 is 0. The van der Waals surface area contributed by atoms with Gasteiger partial charge in [-0.3, -0.25) is 4.55 Å². The summed E-state index contributed by atoms with van der Waals surface area (Å²) in [5.41, 5.74) is 9.63. The average Bonchev–Trinajstić information content (AvgIpc) is 1.64. The zero-order chi connectivity index (χ0) is 8.78. The maximum absolute atomic E-state index is 9.84. The standard InChI is InChI=1S/C2H8N2O3S.C2H4.Na/c3-2(4)1-8(5,6)7;1-2;/h2H,1,3-4H2,(H,5,6,7);1-2H2;. The fourth-order valence-electron chi connectivity index (χ4n) is 0.243. The smallest absolute Gasteiger partial charge is 0.267 e. The summed E-state index contributed by atoms with van der Waals surface area (Å²) < 4.78 is 27.7. The molecule has 0 unspecified atom stereocenters. The molecular weight excluding hydrogens is 179 g/mol. The van der Waals surface area contributed by atoms with E-state index in [9.17, 15) is 8.42 Å². The van der Waals surface area contributed by atoms with E-state index in [1.165, 1.54) is 0 Å². The van der Waals surface area contributed by atoms with Crippen LogP contribution in [-0.4, -0.2) is 54.4 Å². The summed E-state index contributed by atoms with van der Waals surface area (Å²) in [6, 6.07) is 0. The number of rotatable bonds is 2. The molecule has 0 aromatic rings. The van der Waals surface area contributed by atoms with Crippen molar-refractivity contribution >= 4 is 39.7 Å². The molecule has 0 aliphatic heterocycles. The molecule has 5 N–H and O–H groups in total. The van der Waals surface area contributed by atoms with Crippen molar-refractivity contribution in [1.82, 2.24) is 0 Å². The quantitative estimate of drug-likeness (QED) is 0.214. The zero-order valence-electron chi connectivity index (χ0n) is 6.53. The van der Waals surface area contributed by atoms with Gasteiger partial charge in [0.2, 0.25) is 0 Å². The molecule has 0 saturated heterocycles. The summed E-state index contributed by atoms with van der Waals surface area (Å²) in [5.74, 6) is -0.590. The van der Waals surface area contributed by atoms with E-state index in [4.69, 9.17) is 16.0 Å². The van der Waals surface area contributed by atoms with Crippen LogP contribution in [0.2, 0.25) is 0 Å². The molecule has 0 saturated carbocycles. The van der Waals surface area contributed by atoms with Gasteiger partial charge in [0, 0.05) is 29.6 Å². The van der Waals surface area contributed by atoms with Gasteiger partial charge in [0.1, 0.15) is 5.75 Å². The average molecular weight is 191 g/mol. The van der Waals surface area contributed by atoms with Crippen LogP contribution in [0.5, 0.6) is 0 Å². The third-order valence-corrected chi connectivity index (χ3v) is 1.21. The van der Waals surface area contributed by atoms with E-state index < -0.39 is 22.0 Å². The Kier molecular flexibility index (Phi) is 13.9. The Bertz CT molecular complexity index is 168. The van der Waals surface area contributed by atoms with Gasteiger partial charge in [-0.25, -0.2) is 0 Å². The molecule has 7 heteroatoms. The van der Waals surface area contributed by atoms with Crippen molar-refractivity contribution < 1.29 is 13.0 Å². The second-order valence-electron chi connectivity index (χ2n) is 1.41. The van der Waals surface area contributed by atoms with Crippen LogP contribution in [-0.2, 0) is 10.1 Å².